The van der Waals surface area contributed by atoms with Crippen molar-refractivity contribution in [1.82, 2.24) is 10.2 Å². The summed E-state index contributed by atoms with van der Waals surface area (Å²) in [7, 11) is 0. The van der Waals surface area contributed by atoms with E-state index in [0.29, 0.717) is 0 Å². The van der Waals surface area contributed by atoms with Gasteiger partial charge in [0.2, 0.25) is 0 Å². The van der Waals surface area contributed by atoms with Crippen LogP contribution in [-0.4, -0.2) is 46.0 Å². The number of amides is 2. The van der Waals surface area contributed by atoms with Crippen molar-refractivity contribution < 1.29 is 37.8 Å². The van der Waals surface area contributed by atoms with Crippen LogP contribution in [0.2, 0.25) is 0 Å². The number of carboxylic acids is 1. The van der Waals surface area contributed by atoms with E-state index in [-0.39, 0.29) is 25.1 Å². The fourth-order valence-corrected chi connectivity index (χ4v) is 2.44. The minimum absolute atomic E-state index is 0.0105. The summed E-state index contributed by atoms with van der Waals surface area (Å²) in [5.41, 5.74) is -1.26. The Morgan fingerprint density at radius 1 is 1.27 bits per heavy atom. The molecule has 0 bridgehead atoms. The Morgan fingerprint density at radius 3 is 2.58 bits per heavy atom. The zero-order chi connectivity index (χ0) is 19.5. The summed E-state index contributed by atoms with van der Waals surface area (Å²) in [5.74, 6) is -3.75. The van der Waals surface area contributed by atoms with E-state index in [0.717, 1.165) is 17.0 Å². The van der Waals surface area contributed by atoms with E-state index < -0.39 is 47.4 Å². The number of carboxylic acid groups (broad SMARTS) is 1. The molecule has 1 aliphatic rings. The third-order valence-corrected chi connectivity index (χ3v) is 3.66. The van der Waals surface area contributed by atoms with E-state index in [2.05, 4.69) is 0 Å². The van der Waals surface area contributed by atoms with E-state index in [1.165, 1.54) is 12.1 Å². The molecule has 0 spiro atoms. The summed E-state index contributed by atoms with van der Waals surface area (Å²) < 4.78 is 38.3. The number of alkyl halides is 3. The lowest BCUT2D eigenvalue weighted by Gasteiger charge is -2.28. The largest absolute Gasteiger partial charge is 0.511 e. The zero-order valence-electron chi connectivity index (χ0n) is 13.3. The highest BCUT2D eigenvalue weighted by atomic mass is 19.4. The predicted octanol–water partition coefficient (Wildman–Crippen LogP) is 1.45. The van der Waals surface area contributed by atoms with Crippen molar-refractivity contribution >= 4 is 17.8 Å². The van der Waals surface area contributed by atoms with Gasteiger partial charge in [-0.05, 0) is 17.7 Å². The molecule has 7 nitrogen and oxygen atoms in total. The van der Waals surface area contributed by atoms with Gasteiger partial charge >= 0.3 is 12.1 Å². The SMILES string of the molecule is O=C(O)CNC(=O)C1=C(O)CCN(Cc2cccc(C(F)(F)F)c2)C1=O. The molecule has 2 rings (SSSR count). The number of benzene rings is 1. The Hall–Kier alpha value is -3.04. The van der Waals surface area contributed by atoms with Crippen LogP contribution in [0.4, 0.5) is 13.2 Å². The fraction of sp³-hybridized carbons (Fsp3) is 0.312. The first-order valence-electron chi connectivity index (χ1n) is 7.47. The van der Waals surface area contributed by atoms with Crippen LogP contribution in [-0.2, 0) is 27.1 Å². The van der Waals surface area contributed by atoms with E-state index in [1.54, 1.807) is 0 Å². The smallest absolute Gasteiger partial charge is 0.416 e. The molecular weight excluding hydrogens is 357 g/mol. The maximum Gasteiger partial charge on any atom is 0.416 e. The van der Waals surface area contributed by atoms with Crippen molar-refractivity contribution in [2.45, 2.75) is 19.1 Å². The second-order valence-electron chi connectivity index (χ2n) is 5.57. The van der Waals surface area contributed by atoms with Crippen molar-refractivity contribution in [2.24, 2.45) is 0 Å². The van der Waals surface area contributed by atoms with Crippen LogP contribution in [0.1, 0.15) is 17.5 Å². The Balaban J connectivity index is 2.16. The summed E-state index contributed by atoms with van der Waals surface area (Å²) in [6.45, 7) is -0.918. The summed E-state index contributed by atoms with van der Waals surface area (Å²) in [6, 6.07) is 4.42. The molecule has 1 aliphatic heterocycles. The van der Waals surface area contributed by atoms with Gasteiger partial charge in [-0.1, -0.05) is 12.1 Å². The monoisotopic (exact) mass is 372 g/mol. The minimum Gasteiger partial charge on any atom is -0.511 e. The molecule has 1 aromatic rings. The van der Waals surface area contributed by atoms with Gasteiger partial charge in [-0.3, -0.25) is 14.4 Å². The molecule has 1 aromatic carbocycles. The summed E-state index contributed by atoms with van der Waals surface area (Å²) >= 11 is 0. The summed E-state index contributed by atoms with van der Waals surface area (Å²) in [6.07, 6.45) is -4.59. The molecule has 0 saturated carbocycles. The number of hydrogen-bond donors (Lipinski definition) is 3. The number of nitrogens with one attached hydrogen (secondary N) is 1. The zero-order valence-corrected chi connectivity index (χ0v) is 13.3. The van der Waals surface area contributed by atoms with Gasteiger partial charge in [0.05, 0.1) is 5.56 Å². The Kier molecular flexibility index (Phi) is 5.53. The molecule has 140 valence electrons. The lowest BCUT2D eigenvalue weighted by Crippen LogP contribution is -2.43. The number of aliphatic hydroxyl groups is 1. The Bertz CT molecular complexity index is 773. The molecule has 0 radical (unpaired) electrons. The number of aliphatic carboxylic acids is 1. The number of carbonyl (C=O) groups is 3. The molecular formula is C16H15F3N2O5. The minimum atomic E-state index is -4.53. The second kappa shape index (κ2) is 7.46. The third-order valence-electron chi connectivity index (χ3n) is 3.66. The topological polar surface area (TPSA) is 107 Å². The van der Waals surface area contributed by atoms with Gasteiger partial charge in [0.25, 0.3) is 11.8 Å². The standard InChI is InChI=1S/C16H15F3N2O5/c17-16(18,19)10-3-1-2-9(6-10)8-21-5-4-11(22)13(15(21)26)14(25)20-7-12(23)24/h1-3,6,22H,4-5,7-8H2,(H,20,25)(H,23,24). The summed E-state index contributed by atoms with van der Waals surface area (Å²) in [4.78, 5) is 35.9. The first-order valence-corrected chi connectivity index (χ1v) is 7.47. The lowest BCUT2D eigenvalue weighted by atomic mass is 10.0. The number of carbonyl (C=O) groups excluding carboxylic acids is 2. The van der Waals surface area contributed by atoms with Gasteiger partial charge in [-0.25, -0.2) is 0 Å². The van der Waals surface area contributed by atoms with Crippen molar-refractivity contribution in [2.75, 3.05) is 13.1 Å². The van der Waals surface area contributed by atoms with Crippen molar-refractivity contribution in [1.29, 1.82) is 0 Å². The quantitative estimate of drug-likeness (QED) is 0.679. The Labute approximate surface area is 145 Å². The van der Waals surface area contributed by atoms with Gasteiger partial charge in [0.1, 0.15) is 17.9 Å². The van der Waals surface area contributed by atoms with Gasteiger partial charge in [0, 0.05) is 19.5 Å². The lowest BCUT2D eigenvalue weighted by molar-refractivity contribution is -0.139. The molecule has 1 heterocycles. The fourth-order valence-electron chi connectivity index (χ4n) is 2.44. The number of halogens is 3. The molecule has 2 amide bonds. The van der Waals surface area contributed by atoms with Crippen LogP contribution in [0.3, 0.4) is 0 Å². The number of nitrogens with zero attached hydrogens (tertiary/aromatic N) is 1. The van der Waals surface area contributed by atoms with Gasteiger partial charge in [0.15, 0.2) is 0 Å². The number of hydrogen-bond acceptors (Lipinski definition) is 4. The molecule has 0 saturated heterocycles. The number of aliphatic hydroxyl groups excluding tert-OH is 1. The molecule has 3 N–H and O–H groups in total. The third kappa shape index (κ3) is 4.52. The van der Waals surface area contributed by atoms with Crippen molar-refractivity contribution in [3.63, 3.8) is 0 Å². The van der Waals surface area contributed by atoms with E-state index in [1.807, 2.05) is 5.32 Å². The molecule has 26 heavy (non-hydrogen) atoms. The average molecular weight is 372 g/mol. The molecule has 0 unspecified atom stereocenters. The van der Waals surface area contributed by atoms with Crippen LogP contribution in [0, 0.1) is 0 Å². The molecule has 10 heteroatoms. The molecule has 0 atom stereocenters. The van der Waals surface area contributed by atoms with Crippen molar-refractivity contribution in [3.05, 3.63) is 46.7 Å². The van der Waals surface area contributed by atoms with E-state index in [9.17, 15) is 32.7 Å². The highest BCUT2D eigenvalue weighted by Crippen LogP contribution is 2.30. The maximum absolute atomic E-state index is 12.8. The molecule has 0 aromatic heterocycles. The first kappa shape index (κ1) is 19.3. The molecule has 0 aliphatic carbocycles. The van der Waals surface area contributed by atoms with Crippen LogP contribution < -0.4 is 5.32 Å². The molecule has 0 fully saturated rings. The highest BCUT2D eigenvalue weighted by molar-refractivity contribution is 6.19. The van der Waals surface area contributed by atoms with Gasteiger partial charge in [-0.2, -0.15) is 13.2 Å². The summed E-state index contributed by atoms with van der Waals surface area (Å²) in [5, 5.41) is 20.3. The normalized spacial score (nSPS) is 15.2. The Morgan fingerprint density at radius 2 is 1.96 bits per heavy atom. The highest BCUT2D eigenvalue weighted by Gasteiger charge is 2.33. The van der Waals surface area contributed by atoms with Gasteiger partial charge in [-0.15, -0.1) is 0 Å². The van der Waals surface area contributed by atoms with E-state index >= 15 is 0 Å². The maximum atomic E-state index is 12.8. The average Bonchev–Trinajstić information content (AvgIpc) is 2.55. The second-order valence-corrected chi connectivity index (χ2v) is 5.57. The van der Waals surface area contributed by atoms with Crippen LogP contribution in [0.25, 0.3) is 0 Å². The van der Waals surface area contributed by atoms with E-state index in [4.69, 9.17) is 5.11 Å². The van der Waals surface area contributed by atoms with Crippen LogP contribution in [0.5, 0.6) is 0 Å². The van der Waals surface area contributed by atoms with Crippen LogP contribution >= 0.6 is 0 Å². The predicted molar refractivity (Wildman–Crippen MR) is 81.8 cm³/mol. The first-order chi connectivity index (χ1) is 12.1. The van der Waals surface area contributed by atoms with Crippen LogP contribution in [0.15, 0.2) is 35.6 Å². The van der Waals surface area contributed by atoms with Crippen molar-refractivity contribution in [3.8, 4) is 0 Å². The van der Waals surface area contributed by atoms with Gasteiger partial charge < -0.3 is 20.4 Å². The number of rotatable bonds is 5.